The molecule has 3 aromatic rings. The SMILES string of the molecule is CCCC(CCCn1ncc(S(=O)(=O)NC(=O)c2ccc(-n3ccc(OCC(C)(C)C(F)(F)F)n3)nc2Cl)c1C)CNCC. The van der Waals surface area contributed by atoms with Gasteiger partial charge in [-0.15, -0.1) is 5.10 Å². The van der Waals surface area contributed by atoms with Crippen molar-refractivity contribution in [3.8, 4) is 11.7 Å². The fourth-order valence-corrected chi connectivity index (χ4v) is 5.73. The number of nitrogens with one attached hydrogen (secondary N) is 2. The fraction of sp³-hybridized carbons (Fsp3) is 0.571. The highest BCUT2D eigenvalue weighted by Gasteiger charge is 2.48. The number of rotatable bonds is 16. The smallest absolute Gasteiger partial charge is 0.397 e. The van der Waals surface area contributed by atoms with E-state index in [1.807, 2.05) is 4.72 Å². The minimum atomic E-state index is -4.46. The van der Waals surface area contributed by atoms with E-state index in [1.54, 1.807) is 11.6 Å². The first kappa shape index (κ1) is 35.3. The Kier molecular flexibility index (Phi) is 11.8. The Balaban J connectivity index is 1.64. The summed E-state index contributed by atoms with van der Waals surface area (Å²) in [6.45, 7) is 9.62. The number of pyridine rings is 1. The van der Waals surface area contributed by atoms with Crippen molar-refractivity contribution in [3.05, 3.63) is 47.0 Å². The lowest BCUT2D eigenvalue weighted by molar-refractivity contribution is -0.219. The van der Waals surface area contributed by atoms with Crippen molar-refractivity contribution in [1.29, 1.82) is 0 Å². The Morgan fingerprint density at radius 2 is 1.89 bits per heavy atom. The molecule has 11 nitrogen and oxygen atoms in total. The van der Waals surface area contributed by atoms with Crippen LogP contribution in [0, 0.1) is 18.3 Å². The average molecular weight is 662 g/mol. The first-order chi connectivity index (χ1) is 20.6. The molecule has 16 heteroatoms. The molecule has 244 valence electrons. The number of carbonyl (C=O) groups is 1. The zero-order valence-corrected chi connectivity index (χ0v) is 27.0. The number of carbonyl (C=O) groups excluding carboxylic acids is 1. The maximum atomic E-state index is 13.1. The van der Waals surface area contributed by atoms with Crippen LogP contribution in [0.4, 0.5) is 13.2 Å². The topological polar surface area (TPSA) is 133 Å². The molecule has 1 amide bonds. The largest absolute Gasteiger partial charge is 0.476 e. The van der Waals surface area contributed by atoms with Crippen LogP contribution in [0.25, 0.3) is 5.82 Å². The third-order valence-electron chi connectivity index (χ3n) is 7.16. The van der Waals surface area contributed by atoms with Crippen molar-refractivity contribution in [1.82, 2.24) is 34.6 Å². The van der Waals surface area contributed by atoms with Crippen LogP contribution < -0.4 is 14.8 Å². The summed E-state index contributed by atoms with van der Waals surface area (Å²) < 4.78 is 75.5. The van der Waals surface area contributed by atoms with Crippen LogP contribution in [0.2, 0.25) is 5.15 Å². The maximum Gasteiger partial charge on any atom is 0.397 e. The second kappa shape index (κ2) is 14.7. The summed E-state index contributed by atoms with van der Waals surface area (Å²) in [7, 11) is -4.28. The highest BCUT2D eigenvalue weighted by molar-refractivity contribution is 7.90. The Morgan fingerprint density at radius 3 is 2.52 bits per heavy atom. The zero-order valence-electron chi connectivity index (χ0n) is 25.4. The third-order valence-corrected chi connectivity index (χ3v) is 8.89. The molecule has 0 radical (unpaired) electrons. The van der Waals surface area contributed by atoms with Gasteiger partial charge in [-0.1, -0.05) is 31.9 Å². The number of aromatic nitrogens is 5. The van der Waals surface area contributed by atoms with E-state index in [0.29, 0.717) is 18.2 Å². The van der Waals surface area contributed by atoms with Gasteiger partial charge in [0.05, 0.1) is 22.9 Å². The van der Waals surface area contributed by atoms with Crippen LogP contribution >= 0.6 is 11.6 Å². The van der Waals surface area contributed by atoms with E-state index in [0.717, 1.165) is 52.6 Å². The van der Waals surface area contributed by atoms with E-state index in [9.17, 15) is 26.4 Å². The first-order valence-corrected chi connectivity index (χ1v) is 16.2. The van der Waals surface area contributed by atoms with Gasteiger partial charge < -0.3 is 10.1 Å². The van der Waals surface area contributed by atoms with Gasteiger partial charge >= 0.3 is 6.18 Å². The molecule has 0 spiro atoms. The molecular weight excluding hydrogens is 623 g/mol. The fourth-order valence-electron chi connectivity index (χ4n) is 4.36. The number of nitrogens with zero attached hydrogens (tertiary/aromatic N) is 5. The standard InChI is InChI=1S/C28H39ClF3N7O4S/c1-6-9-20(16-33-7-2)10-8-14-38-19(3)22(17-34-38)44(41,42)37-26(40)21-11-12-23(35-25(21)29)39-15-13-24(36-39)43-18-27(4,5)28(30,31)32/h11-13,15,17,20,33H,6-10,14,16,18H2,1-5H3,(H,37,40). The van der Waals surface area contributed by atoms with Crippen LogP contribution in [0.1, 0.15) is 69.4 Å². The number of aryl methyl sites for hydroxylation is 1. The average Bonchev–Trinajstić information content (AvgIpc) is 3.57. The number of hydrogen-bond acceptors (Lipinski definition) is 8. The summed E-state index contributed by atoms with van der Waals surface area (Å²) in [5.41, 5.74) is -1.89. The van der Waals surface area contributed by atoms with E-state index in [4.69, 9.17) is 16.3 Å². The molecule has 44 heavy (non-hydrogen) atoms. The lowest BCUT2D eigenvalue weighted by Crippen LogP contribution is -2.37. The van der Waals surface area contributed by atoms with Gasteiger partial charge in [-0.2, -0.15) is 18.3 Å². The molecule has 0 aliphatic rings. The van der Waals surface area contributed by atoms with Crippen LogP contribution in [0.5, 0.6) is 5.88 Å². The van der Waals surface area contributed by atoms with Crippen molar-refractivity contribution in [2.24, 2.45) is 11.3 Å². The Bertz CT molecular complexity index is 1520. The quantitative estimate of drug-likeness (QED) is 0.197. The monoisotopic (exact) mass is 661 g/mol. The predicted octanol–water partition coefficient (Wildman–Crippen LogP) is 5.32. The molecule has 0 saturated heterocycles. The van der Waals surface area contributed by atoms with Gasteiger partial charge in [0.25, 0.3) is 15.9 Å². The molecule has 0 aliphatic carbocycles. The molecule has 1 unspecified atom stereocenters. The van der Waals surface area contributed by atoms with Gasteiger partial charge in [0.2, 0.25) is 5.88 Å². The van der Waals surface area contributed by atoms with Gasteiger partial charge in [0.1, 0.15) is 16.7 Å². The van der Waals surface area contributed by atoms with E-state index in [2.05, 4.69) is 34.3 Å². The number of sulfonamides is 1. The van der Waals surface area contributed by atoms with Gasteiger partial charge in [-0.05, 0) is 71.2 Å². The van der Waals surface area contributed by atoms with Gasteiger partial charge in [-0.3, -0.25) is 9.48 Å². The molecule has 0 aliphatic heterocycles. The van der Waals surface area contributed by atoms with Gasteiger partial charge in [0.15, 0.2) is 5.82 Å². The molecule has 3 rings (SSSR count). The summed E-state index contributed by atoms with van der Waals surface area (Å²) >= 11 is 6.21. The van der Waals surface area contributed by atoms with Crippen molar-refractivity contribution >= 4 is 27.5 Å². The van der Waals surface area contributed by atoms with E-state index in [-0.39, 0.29) is 27.3 Å². The molecule has 2 N–H and O–H groups in total. The molecule has 3 aromatic heterocycles. The summed E-state index contributed by atoms with van der Waals surface area (Å²) in [4.78, 5) is 16.9. The summed E-state index contributed by atoms with van der Waals surface area (Å²) in [5, 5.41) is 11.3. The van der Waals surface area contributed by atoms with Crippen LogP contribution in [0.15, 0.2) is 35.5 Å². The van der Waals surface area contributed by atoms with Crippen molar-refractivity contribution in [2.45, 2.75) is 77.9 Å². The molecule has 0 saturated carbocycles. The number of ether oxygens (including phenoxy) is 1. The first-order valence-electron chi connectivity index (χ1n) is 14.3. The molecule has 0 aromatic carbocycles. The van der Waals surface area contributed by atoms with E-state index in [1.165, 1.54) is 35.3 Å². The molecule has 0 bridgehead atoms. The van der Waals surface area contributed by atoms with Crippen LogP contribution in [-0.4, -0.2) is 64.7 Å². The number of halogens is 4. The minimum absolute atomic E-state index is 0.0710. The summed E-state index contributed by atoms with van der Waals surface area (Å²) in [6.07, 6.45) is 2.15. The van der Waals surface area contributed by atoms with Gasteiger partial charge in [-0.25, -0.2) is 22.8 Å². The highest BCUT2D eigenvalue weighted by atomic mass is 35.5. The van der Waals surface area contributed by atoms with E-state index >= 15 is 0 Å². The maximum absolute atomic E-state index is 13.1. The lowest BCUT2D eigenvalue weighted by atomic mass is 9.94. The Labute approximate surface area is 260 Å². The lowest BCUT2D eigenvalue weighted by Gasteiger charge is -2.26. The van der Waals surface area contributed by atoms with Crippen LogP contribution in [0.3, 0.4) is 0 Å². The molecule has 1 atom stereocenters. The van der Waals surface area contributed by atoms with E-state index < -0.39 is 34.1 Å². The van der Waals surface area contributed by atoms with Crippen molar-refractivity contribution < 1.29 is 31.1 Å². The molecular formula is C28H39ClF3N7O4S. The zero-order chi connectivity index (χ0) is 32.7. The normalized spacial score (nSPS) is 13.2. The summed E-state index contributed by atoms with van der Waals surface area (Å²) in [5.74, 6) is -0.408. The van der Waals surface area contributed by atoms with Crippen molar-refractivity contribution in [3.63, 3.8) is 0 Å². The van der Waals surface area contributed by atoms with Gasteiger partial charge in [0, 0.05) is 18.8 Å². The Morgan fingerprint density at radius 1 is 1.16 bits per heavy atom. The number of alkyl halides is 3. The minimum Gasteiger partial charge on any atom is -0.476 e. The second-order valence-corrected chi connectivity index (χ2v) is 13.1. The number of amides is 1. The second-order valence-electron chi connectivity index (χ2n) is 11.1. The Hall–Kier alpha value is -3.17. The highest BCUT2D eigenvalue weighted by Crippen LogP contribution is 2.37. The summed E-state index contributed by atoms with van der Waals surface area (Å²) in [6, 6.07) is 3.97. The number of hydrogen-bond donors (Lipinski definition) is 2. The predicted molar refractivity (Wildman–Crippen MR) is 159 cm³/mol. The molecule has 0 fully saturated rings. The van der Waals surface area contributed by atoms with Crippen molar-refractivity contribution in [2.75, 3.05) is 19.7 Å². The molecule has 3 heterocycles. The third kappa shape index (κ3) is 8.94. The van der Waals surface area contributed by atoms with Crippen LogP contribution in [-0.2, 0) is 16.6 Å².